The molecule has 1 atom stereocenters. The molecule has 1 amide bonds. The van der Waals surface area contributed by atoms with Gasteiger partial charge in [0.15, 0.2) is 0 Å². The maximum atomic E-state index is 13.1. The van der Waals surface area contributed by atoms with Gasteiger partial charge in [0.05, 0.1) is 5.92 Å². The van der Waals surface area contributed by atoms with E-state index in [0.29, 0.717) is 13.1 Å². The van der Waals surface area contributed by atoms with Crippen molar-refractivity contribution in [2.45, 2.75) is 12.8 Å². The lowest BCUT2D eigenvalue weighted by Crippen LogP contribution is -2.31. The van der Waals surface area contributed by atoms with Crippen molar-refractivity contribution in [2.24, 2.45) is 5.92 Å². The van der Waals surface area contributed by atoms with Gasteiger partial charge in [-0.25, -0.2) is 0 Å². The van der Waals surface area contributed by atoms with E-state index in [4.69, 9.17) is 11.6 Å². The number of rotatable bonds is 7. The summed E-state index contributed by atoms with van der Waals surface area (Å²) in [6.07, 6.45) is 7.61. The standard InChI is InChI=1S/C26H25ClN4O/c1-18(28-11-9-19-17-29-25-8-7-20(27)15-24(19)25)23-10-14-31(26(23)32)22-6-4-5-21(16-22)30-12-2-3-13-30/h2-8,12-13,15-17,23,28-29H,1,9-11,14H2. The molecule has 3 heterocycles. The number of fused-ring (bicyclic) bond motifs is 1. The Kier molecular flexibility index (Phi) is 5.50. The second-order valence-electron chi connectivity index (χ2n) is 8.15. The molecular weight excluding hydrogens is 420 g/mol. The van der Waals surface area contributed by atoms with Crippen LogP contribution >= 0.6 is 11.6 Å². The van der Waals surface area contributed by atoms with Crippen LogP contribution in [-0.4, -0.2) is 28.5 Å². The molecule has 6 heteroatoms. The quantitative estimate of drug-likeness (QED) is 0.406. The summed E-state index contributed by atoms with van der Waals surface area (Å²) in [5.74, 6) is -0.103. The molecule has 2 aromatic carbocycles. The molecule has 0 aliphatic carbocycles. The van der Waals surface area contributed by atoms with Crippen molar-refractivity contribution in [1.82, 2.24) is 14.9 Å². The monoisotopic (exact) mass is 444 g/mol. The van der Waals surface area contributed by atoms with Crippen molar-refractivity contribution >= 4 is 34.1 Å². The van der Waals surface area contributed by atoms with Gasteiger partial charge in [0, 0.05) is 64.7 Å². The van der Waals surface area contributed by atoms with Crippen LogP contribution in [0.25, 0.3) is 16.6 Å². The molecule has 0 spiro atoms. The number of benzene rings is 2. The van der Waals surface area contributed by atoms with Crippen molar-refractivity contribution < 1.29 is 4.79 Å². The first-order chi connectivity index (χ1) is 15.6. The van der Waals surface area contributed by atoms with E-state index in [1.807, 2.05) is 76.6 Å². The van der Waals surface area contributed by atoms with Gasteiger partial charge in [-0.3, -0.25) is 4.79 Å². The minimum Gasteiger partial charge on any atom is -0.388 e. The van der Waals surface area contributed by atoms with E-state index >= 15 is 0 Å². The molecule has 0 radical (unpaired) electrons. The summed E-state index contributed by atoms with van der Waals surface area (Å²) in [4.78, 5) is 18.3. The van der Waals surface area contributed by atoms with E-state index < -0.39 is 0 Å². The molecule has 1 fully saturated rings. The Morgan fingerprint density at radius 1 is 1.12 bits per heavy atom. The van der Waals surface area contributed by atoms with Crippen LogP contribution in [0.2, 0.25) is 5.02 Å². The van der Waals surface area contributed by atoms with Crippen LogP contribution in [0.4, 0.5) is 5.69 Å². The van der Waals surface area contributed by atoms with Crippen molar-refractivity contribution in [3.63, 3.8) is 0 Å². The zero-order chi connectivity index (χ0) is 22.1. The number of nitrogens with one attached hydrogen (secondary N) is 2. The van der Waals surface area contributed by atoms with Gasteiger partial charge in [0.25, 0.3) is 0 Å². The van der Waals surface area contributed by atoms with Gasteiger partial charge in [0.2, 0.25) is 5.91 Å². The average Bonchev–Trinajstić information content (AvgIpc) is 3.54. The molecule has 0 bridgehead atoms. The van der Waals surface area contributed by atoms with Crippen molar-refractivity contribution in [3.05, 3.63) is 96.0 Å². The molecule has 1 aliphatic heterocycles. The summed E-state index contributed by atoms with van der Waals surface area (Å²) >= 11 is 6.15. The highest BCUT2D eigenvalue weighted by Crippen LogP contribution is 2.30. The van der Waals surface area contributed by atoms with Crippen LogP contribution in [0.1, 0.15) is 12.0 Å². The Labute approximate surface area is 192 Å². The lowest BCUT2D eigenvalue weighted by Gasteiger charge is -2.19. The van der Waals surface area contributed by atoms with Gasteiger partial charge < -0.3 is 19.8 Å². The lowest BCUT2D eigenvalue weighted by molar-refractivity contribution is -0.119. The number of hydrogen-bond acceptors (Lipinski definition) is 2. The number of carbonyl (C=O) groups is 1. The largest absolute Gasteiger partial charge is 0.388 e. The number of H-pyrrole nitrogens is 1. The SMILES string of the molecule is C=C(NCCc1c[nH]c2ccc(Cl)cc12)C1CCN(c2cccc(-n3cccc3)c2)C1=O. The molecule has 5 rings (SSSR count). The molecule has 2 aromatic heterocycles. The molecule has 5 nitrogen and oxygen atoms in total. The molecule has 1 saturated heterocycles. The van der Waals surface area contributed by atoms with Crippen LogP contribution in [0.3, 0.4) is 0 Å². The normalized spacial score (nSPS) is 16.1. The Balaban J connectivity index is 1.21. The Morgan fingerprint density at radius 3 is 2.78 bits per heavy atom. The fourth-order valence-corrected chi connectivity index (χ4v) is 4.60. The minimum absolute atomic E-state index is 0.103. The number of amides is 1. The predicted octanol–water partition coefficient (Wildman–Crippen LogP) is 5.31. The molecule has 32 heavy (non-hydrogen) atoms. The van der Waals surface area contributed by atoms with Crippen molar-refractivity contribution in [2.75, 3.05) is 18.0 Å². The van der Waals surface area contributed by atoms with Crippen molar-refractivity contribution in [3.8, 4) is 5.69 Å². The van der Waals surface area contributed by atoms with E-state index in [9.17, 15) is 4.79 Å². The predicted molar refractivity (Wildman–Crippen MR) is 130 cm³/mol. The summed E-state index contributed by atoms with van der Waals surface area (Å²) < 4.78 is 2.04. The number of aromatic amines is 1. The Morgan fingerprint density at radius 2 is 1.94 bits per heavy atom. The Bertz CT molecular complexity index is 1270. The highest BCUT2D eigenvalue weighted by Gasteiger charge is 2.34. The maximum absolute atomic E-state index is 13.1. The molecular formula is C26H25ClN4O. The second kappa shape index (κ2) is 8.60. The lowest BCUT2D eigenvalue weighted by atomic mass is 10.0. The molecule has 162 valence electrons. The minimum atomic E-state index is -0.206. The molecule has 0 saturated carbocycles. The van der Waals surface area contributed by atoms with Gasteiger partial charge in [-0.05, 0) is 66.9 Å². The molecule has 4 aromatic rings. The number of nitrogens with zero attached hydrogens (tertiary/aromatic N) is 2. The third kappa shape index (κ3) is 3.92. The number of aromatic nitrogens is 2. The smallest absolute Gasteiger partial charge is 0.236 e. The van der Waals surface area contributed by atoms with Gasteiger partial charge in [-0.15, -0.1) is 0 Å². The van der Waals surface area contributed by atoms with E-state index in [1.54, 1.807) is 0 Å². The summed E-state index contributed by atoms with van der Waals surface area (Å²) in [6, 6.07) is 17.9. The molecule has 1 unspecified atom stereocenters. The zero-order valence-electron chi connectivity index (χ0n) is 17.7. The number of anilines is 1. The first-order valence-electron chi connectivity index (χ1n) is 10.8. The third-order valence-corrected chi connectivity index (χ3v) is 6.38. The van der Waals surface area contributed by atoms with Crippen LogP contribution in [0, 0.1) is 5.92 Å². The van der Waals surface area contributed by atoms with Gasteiger partial charge in [-0.2, -0.15) is 0 Å². The topological polar surface area (TPSA) is 53.1 Å². The van der Waals surface area contributed by atoms with Crippen LogP contribution in [0.15, 0.2) is 85.5 Å². The van der Waals surface area contributed by atoms with Crippen LogP contribution in [-0.2, 0) is 11.2 Å². The number of halogens is 1. The van der Waals surface area contributed by atoms with Gasteiger partial charge in [0.1, 0.15) is 0 Å². The van der Waals surface area contributed by atoms with Crippen LogP contribution in [0.5, 0.6) is 0 Å². The summed E-state index contributed by atoms with van der Waals surface area (Å²) in [6.45, 7) is 5.59. The summed E-state index contributed by atoms with van der Waals surface area (Å²) in [5.41, 5.74) is 5.03. The van der Waals surface area contributed by atoms with Crippen LogP contribution < -0.4 is 10.2 Å². The van der Waals surface area contributed by atoms with E-state index in [2.05, 4.69) is 22.9 Å². The molecule has 1 aliphatic rings. The summed E-state index contributed by atoms with van der Waals surface area (Å²) in [7, 11) is 0. The number of hydrogen-bond donors (Lipinski definition) is 2. The highest BCUT2D eigenvalue weighted by atomic mass is 35.5. The fourth-order valence-electron chi connectivity index (χ4n) is 4.43. The number of carbonyl (C=O) groups excluding carboxylic acids is 1. The van der Waals surface area contributed by atoms with E-state index in [-0.39, 0.29) is 11.8 Å². The average molecular weight is 445 g/mol. The van der Waals surface area contributed by atoms with Gasteiger partial charge in [-0.1, -0.05) is 24.2 Å². The van der Waals surface area contributed by atoms with E-state index in [0.717, 1.165) is 45.8 Å². The third-order valence-electron chi connectivity index (χ3n) is 6.15. The maximum Gasteiger partial charge on any atom is 0.236 e. The molecule has 2 N–H and O–H groups in total. The zero-order valence-corrected chi connectivity index (χ0v) is 18.5. The second-order valence-corrected chi connectivity index (χ2v) is 8.58. The highest BCUT2D eigenvalue weighted by molar-refractivity contribution is 6.31. The first kappa shape index (κ1) is 20.5. The fraction of sp³-hybridized carbons (Fsp3) is 0.192. The first-order valence-corrected chi connectivity index (χ1v) is 11.2. The van der Waals surface area contributed by atoms with Gasteiger partial charge >= 0.3 is 0 Å². The van der Waals surface area contributed by atoms with Crippen molar-refractivity contribution in [1.29, 1.82) is 0 Å². The van der Waals surface area contributed by atoms with E-state index in [1.165, 1.54) is 5.56 Å². The Hall–Kier alpha value is -3.44. The summed E-state index contributed by atoms with van der Waals surface area (Å²) in [5, 5.41) is 5.25.